The lowest BCUT2D eigenvalue weighted by Gasteiger charge is -2.25. The second kappa shape index (κ2) is 3.94. The van der Waals surface area contributed by atoms with Gasteiger partial charge in [-0.2, -0.15) is 0 Å². The van der Waals surface area contributed by atoms with Crippen molar-refractivity contribution < 1.29 is 5.21 Å². The smallest absolute Gasteiger partial charge is 0.0235 e. The summed E-state index contributed by atoms with van der Waals surface area (Å²) in [6, 6.07) is 0. The minimum absolute atomic E-state index is 0.723. The van der Waals surface area contributed by atoms with E-state index in [0.717, 1.165) is 18.4 Å². The lowest BCUT2D eigenvalue weighted by Crippen LogP contribution is -2.23. The van der Waals surface area contributed by atoms with Gasteiger partial charge in [-0.15, -0.1) is 0 Å². The van der Waals surface area contributed by atoms with Gasteiger partial charge < -0.3 is 5.21 Å². The molecule has 0 aromatic carbocycles. The average molecular weight is 143 g/mol. The molecule has 0 atom stereocenters. The van der Waals surface area contributed by atoms with Crippen LogP contribution in [-0.4, -0.2) is 11.8 Å². The van der Waals surface area contributed by atoms with E-state index < -0.39 is 0 Å². The van der Waals surface area contributed by atoms with Gasteiger partial charge in [0.25, 0.3) is 0 Å². The highest BCUT2D eigenvalue weighted by molar-refractivity contribution is 4.70. The van der Waals surface area contributed by atoms with E-state index in [2.05, 4.69) is 12.4 Å². The Labute approximate surface area is 62.6 Å². The summed E-state index contributed by atoms with van der Waals surface area (Å²) in [5.41, 5.74) is 2.25. The molecule has 0 unspecified atom stereocenters. The largest absolute Gasteiger partial charge is 0.317 e. The average Bonchev–Trinajstić information content (AvgIpc) is 1.95. The molecule has 2 N–H and O–H groups in total. The Hall–Kier alpha value is -0.0800. The summed E-state index contributed by atoms with van der Waals surface area (Å²) < 4.78 is 0. The van der Waals surface area contributed by atoms with Crippen LogP contribution in [0, 0.1) is 11.8 Å². The Bertz CT molecular complexity index is 87.3. The normalized spacial score (nSPS) is 34.2. The van der Waals surface area contributed by atoms with Crippen LogP contribution in [0.3, 0.4) is 0 Å². The van der Waals surface area contributed by atoms with Crippen LogP contribution in [0.2, 0.25) is 0 Å². The van der Waals surface area contributed by atoms with Crippen LogP contribution in [0.5, 0.6) is 0 Å². The zero-order valence-corrected chi connectivity index (χ0v) is 6.64. The number of nitrogens with one attached hydrogen (secondary N) is 1. The molecule has 0 aliphatic heterocycles. The molecular formula is C8H17NO. The zero-order valence-electron chi connectivity index (χ0n) is 6.64. The first kappa shape index (κ1) is 8.02. The second-order valence-electron chi connectivity index (χ2n) is 3.49. The number of hydroxylamine groups is 1. The maximum Gasteiger partial charge on any atom is 0.0235 e. The van der Waals surface area contributed by atoms with E-state index in [1.54, 1.807) is 0 Å². The lowest BCUT2D eigenvalue weighted by atomic mass is 9.83. The van der Waals surface area contributed by atoms with E-state index in [0.29, 0.717) is 0 Å². The van der Waals surface area contributed by atoms with E-state index in [1.807, 2.05) is 0 Å². The third kappa shape index (κ3) is 2.27. The van der Waals surface area contributed by atoms with Crippen molar-refractivity contribution in [2.75, 3.05) is 6.54 Å². The van der Waals surface area contributed by atoms with Gasteiger partial charge in [-0.05, 0) is 24.7 Å². The molecule has 60 valence electrons. The molecule has 2 heteroatoms. The van der Waals surface area contributed by atoms with Crippen LogP contribution in [0.4, 0.5) is 0 Å². The summed E-state index contributed by atoms with van der Waals surface area (Å²) in [7, 11) is 0. The standard InChI is InChI=1S/C8H17NO/c1-7-2-4-8(5-3-7)6-9-10/h7-10H,2-6H2,1H3. The summed E-state index contributed by atoms with van der Waals surface area (Å²) in [5.74, 6) is 1.64. The van der Waals surface area contributed by atoms with Crippen LogP contribution in [0.1, 0.15) is 32.6 Å². The minimum Gasteiger partial charge on any atom is -0.317 e. The Morgan fingerprint density at radius 2 is 1.90 bits per heavy atom. The molecule has 0 bridgehead atoms. The van der Waals surface area contributed by atoms with E-state index >= 15 is 0 Å². The highest BCUT2D eigenvalue weighted by Crippen LogP contribution is 2.27. The highest BCUT2D eigenvalue weighted by atomic mass is 16.5. The number of rotatable bonds is 2. The van der Waals surface area contributed by atoms with Crippen molar-refractivity contribution in [3.63, 3.8) is 0 Å². The van der Waals surface area contributed by atoms with Crippen molar-refractivity contribution in [2.24, 2.45) is 11.8 Å². The summed E-state index contributed by atoms with van der Waals surface area (Å²) in [6.45, 7) is 3.09. The Morgan fingerprint density at radius 3 is 2.40 bits per heavy atom. The SMILES string of the molecule is CC1CCC(CNO)CC1. The monoisotopic (exact) mass is 143 g/mol. The fourth-order valence-corrected chi connectivity index (χ4v) is 1.66. The summed E-state index contributed by atoms with van der Waals surface area (Å²) >= 11 is 0. The van der Waals surface area contributed by atoms with Gasteiger partial charge in [0.2, 0.25) is 0 Å². The summed E-state index contributed by atoms with van der Waals surface area (Å²) in [4.78, 5) is 0. The van der Waals surface area contributed by atoms with Crippen LogP contribution in [0.15, 0.2) is 0 Å². The first-order valence-corrected chi connectivity index (χ1v) is 4.20. The van der Waals surface area contributed by atoms with Gasteiger partial charge in [-0.1, -0.05) is 19.8 Å². The Kier molecular flexibility index (Phi) is 3.16. The van der Waals surface area contributed by atoms with Gasteiger partial charge >= 0.3 is 0 Å². The molecular weight excluding hydrogens is 126 g/mol. The molecule has 0 radical (unpaired) electrons. The maximum atomic E-state index is 8.43. The molecule has 0 heterocycles. The molecule has 0 aromatic heterocycles. The molecule has 0 spiro atoms. The highest BCUT2D eigenvalue weighted by Gasteiger charge is 2.16. The Morgan fingerprint density at radius 1 is 1.30 bits per heavy atom. The van der Waals surface area contributed by atoms with Crippen molar-refractivity contribution in [3.05, 3.63) is 0 Å². The predicted molar refractivity (Wildman–Crippen MR) is 40.9 cm³/mol. The van der Waals surface area contributed by atoms with Gasteiger partial charge in [-0.25, -0.2) is 5.48 Å². The first-order valence-electron chi connectivity index (χ1n) is 4.20. The van der Waals surface area contributed by atoms with Crippen molar-refractivity contribution in [3.8, 4) is 0 Å². The molecule has 1 aliphatic carbocycles. The van der Waals surface area contributed by atoms with E-state index in [-0.39, 0.29) is 0 Å². The van der Waals surface area contributed by atoms with Crippen LogP contribution in [-0.2, 0) is 0 Å². The predicted octanol–water partition coefficient (Wildman–Crippen LogP) is 1.79. The van der Waals surface area contributed by atoms with E-state index in [9.17, 15) is 0 Å². The summed E-state index contributed by atoms with van der Waals surface area (Å²) in [6.07, 6.45) is 5.25. The van der Waals surface area contributed by atoms with Gasteiger partial charge in [0.1, 0.15) is 0 Å². The third-order valence-electron chi connectivity index (χ3n) is 2.52. The molecule has 2 nitrogen and oxygen atoms in total. The van der Waals surface area contributed by atoms with Gasteiger partial charge in [-0.3, -0.25) is 0 Å². The van der Waals surface area contributed by atoms with Crippen LogP contribution >= 0.6 is 0 Å². The Balaban J connectivity index is 2.13. The second-order valence-corrected chi connectivity index (χ2v) is 3.49. The molecule has 0 aromatic rings. The van der Waals surface area contributed by atoms with E-state index in [4.69, 9.17) is 5.21 Å². The number of hydrogen-bond donors (Lipinski definition) is 2. The molecule has 1 rings (SSSR count). The van der Waals surface area contributed by atoms with Crippen LogP contribution < -0.4 is 5.48 Å². The van der Waals surface area contributed by atoms with Crippen molar-refractivity contribution in [1.29, 1.82) is 0 Å². The third-order valence-corrected chi connectivity index (χ3v) is 2.52. The van der Waals surface area contributed by atoms with Crippen molar-refractivity contribution >= 4 is 0 Å². The maximum absolute atomic E-state index is 8.43. The fraction of sp³-hybridized carbons (Fsp3) is 1.00. The van der Waals surface area contributed by atoms with Gasteiger partial charge in [0, 0.05) is 6.54 Å². The molecule has 1 aliphatic rings. The minimum atomic E-state index is 0.723. The van der Waals surface area contributed by atoms with Gasteiger partial charge in [0.15, 0.2) is 0 Å². The molecule has 10 heavy (non-hydrogen) atoms. The van der Waals surface area contributed by atoms with Crippen molar-refractivity contribution in [1.82, 2.24) is 5.48 Å². The topological polar surface area (TPSA) is 32.3 Å². The molecule has 0 saturated heterocycles. The zero-order chi connectivity index (χ0) is 7.40. The quantitative estimate of drug-likeness (QED) is 0.578. The fourth-order valence-electron chi connectivity index (χ4n) is 1.66. The lowest BCUT2D eigenvalue weighted by molar-refractivity contribution is 0.132. The molecule has 1 fully saturated rings. The first-order chi connectivity index (χ1) is 4.83. The number of hydrogen-bond acceptors (Lipinski definition) is 2. The van der Waals surface area contributed by atoms with Crippen LogP contribution in [0.25, 0.3) is 0 Å². The molecule has 0 amide bonds. The van der Waals surface area contributed by atoms with Crippen molar-refractivity contribution in [2.45, 2.75) is 32.6 Å². The molecule has 1 saturated carbocycles. The van der Waals surface area contributed by atoms with E-state index in [1.165, 1.54) is 25.7 Å². The summed E-state index contributed by atoms with van der Waals surface area (Å²) in [5, 5.41) is 8.43. The van der Waals surface area contributed by atoms with Gasteiger partial charge in [0.05, 0.1) is 0 Å².